The van der Waals surface area contributed by atoms with Crippen LogP contribution in [-0.4, -0.2) is 35.4 Å². The predicted octanol–water partition coefficient (Wildman–Crippen LogP) is 2.80. The minimum Gasteiger partial charge on any atom is -0.351 e. The number of rotatable bonds is 2. The van der Waals surface area contributed by atoms with Crippen molar-refractivity contribution in [1.82, 2.24) is 0 Å². The van der Waals surface area contributed by atoms with Gasteiger partial charge in [-0.15, -0.1) is 0 Å². The summed E-state index contributed by atoms with van der Waals surface area (Å²) in [5, 5.41) is 0. The molecular formula is C10H16Br2O3. The first kappa shape index (κ1) is 12.3. The fraction of sp³-hybridized carbons (Fsp3) is 1.00. The lowest BCUT2D eigenvalue weighted by atomic mass is 10.2. The molecule has 4 unspecified atom stereocenters. The van der Waals surface area contributed by atoms with E-state index in [0.29, 0.717) is 0 Å². The lowest BCUT2D eigenvalue weighted by Gasteiger charge is -2.34. The Bertz CT molecular complexity index is 183. The van der Waals surface area contributed by atoms with E-state index in [4.69, 9.17) is 14.2 Å². The van der Waals surface area contributed by atoms with Gasteiger partial charge in [0.2, 0.25) is 0 Å². The molecule has 2 aliphatic rings. The summed E-state index contributed by atoms with van der Waals surface area (Å²) >= 11 is 7.16. The second-order valence-electron chi connectivity index (χ2n) is 3.93. The SMILES string of the molecule is BrC1CCCOC1OC1OCCCC1Br. The Morgan fingerprint density at radius 3 is 1.73 bits per heavy atom. The molecule has 88 valence electrons. The van der Waals surface area contributed by atoms with Crippen molar-refractivity contribution in [1.29, 1.82) is 0 Å². The van der Waals surface area contributed by atoms with E-state index in [1.54, 1.807) is 0 Å². The fourth-order valence-electron chi connectivity index (χ4n) is 1.82. The van der Waals surface area contributed by atoms with Crippen LogP contribution in [-0.2, 0) is 14.2 Å². The van der Waals surface area contributed by atoms with Crippen LogP contribution in [0.25, 0.3) is 0 Å². The van der Waals surface area contributed by atoms with Crippen LogP contribution in [0, 0.1) is 0 Å². The maximum atomic E-state index is 5.82. The van der Waals surface area contributed by atoms with Crippen molar-refractivity contribution in [2.24, 2.45) is 0 Å². The van der Waals surface area contributed by atoms with Crippen molar-refractivity contribution in [2.75, 3.05) is 13.2 Å². The zero-order valence-corrected chi connectivity index (χ0v) is 11.7. The third-order valence-electron chi connectivity index (χ3n) is 2.67. The van der Waals surface area contributed by atoms with E-state index in [0.717, 1.165) is 38.9 Å². The van der Waals surface area contributed by atoms with Crippen molar-refractivity contribution in [3.05, 3.63) is 0 Å². The van der Waals surface area contributed by atoms with Crippen LogP contribution in [0.15, 0.2) is 0 Å². The van der Waals surface area contributed by atoms with E-state index in [-0.39, 0.29) is 22.2 Å². The topological polar surface area (TPSA) is 27.7 Å². The summed E-state index contributed by atoms with van der Waals surface area (Å²) in [6.07, 6.45) is 4.07. The van der Waals surface area contributed by atoms with Crippen LogP contribution in [0.1, 0.15) is 25.7 Å². The van der Waals surface area contributed by atoms with E-state index in [9.17, 15) is 0 Å². The lowest BCUT2D eigenvalue weighted by Crippen LogP contribution is -2.41. The highest BCUT2D eigenvalue weighted by molar-refractivity contribution is 9.09. The largest absolute Gasteiger partial charge is 0.351 e. The van der Waals surface area contributed by atoms with Crippen LogP contribution in [0.2, 0.25) is 0 Å². The first-order valence-corrected chi connectivity index (χ1v) is 7.27. The van der Waals surface area contributed by atoms with Gasteiger partial charge in [0.25, 0.3) is 0 Å². The lowest BCUT2D eigenvalue weighted by molar-refractivity contribution is -0.258. The van der Waals surface area contributed by atoms with Gasteiger partial charge < -0.3 is 14.2 Å². The third-order valence-corrected chi connectivity index (χ3v) is 4.45. The van der Waals surface area contributed by atoms with Crippen LogP contribution < -0.4 is 0 Å². The average Bonchev–Trinajstić information content (AvgIpc) is 2.24. The summed E-state index contributed by atoms with van der Waals surface area (Å²) in [5.41, 5.74) is 0. The molecule has 2 saturated heterocycles. The van der Waals surface area contributed by atoms with E-state index in [2.05, 4.69) is 31.9 Å². The molecule has 0 amide bonds. The number of ether oxygens (including phenoxy) is 3. The Kier molecular flexibility index (Phi) is 4.89. The van der Waals surface area contributed by atoms with Crippen molar-refractivity contribution < 1.29 is 14.2 Å². The molecule has 2 rings (SSSR count). The van der Waals surface area contributed by atoms with Crippen molar-refractivity contribution >= 4 is 31.9 Å². The predicted molar refractivity (Wildman–Crippen MR) is 64.5 cm³/mol. The quantitative estimate of drug-likeness (QED) is 0.721. The van der Waals surface area contributed by atoms with E-state index >= 15 is 0 Å². The minimum atomic E-state index is -0.165. The molecule has 2 aliphatic heterocycles. The summed E-state index contributed by atoms with van der Waals surface area (Å²) in [7, 11) is 0. The maximum Gasteiger partial charge on any atom is 0.173 e. The Morgan fingerprint density at radius 1 is 0.867 bits per heavy atom. The Morgan fingerprint density at radius 2 is 1.33 bits per heavy atom. The second kappa shape index (κ2) is 5.96. The van der Waals surface area contributed by atoms with Gasteiger partial charge in [0.15, 0.2) is 12.6 Å². The van der Waals surface area contributed by atoms with Crippen molar-refractivity contribution in [3.63, 3.8) is 0 Å². The molecule has 15 heavy (non-hydrogen) atoms. The van der Waals surface area contributed by atoms with Crippen LogP contribution in [0.5, 0.6) is 0 Å². The number of alkyl halides is 2. The molecule has 0 aromatic rings. The average molecular weight is 344 g/mol. The first-order chi connectivity index (χ1) is 7.27. The zero-order valence-electron chi connectivity index (χ0n) is 8.53. The van der Waals surface area contributed by atoms with Crippen molar-refractivity contribution in [3.8, 4) is 0 Å². The van der Waals surface area contributed by atoms with Crippen LogP contribution >= 0.6 is 31.9 Å². The summed E-state index contributed by atoms with van der Waals surface area (Å²) in [6, 6.07) is 0. The third kappa shape index (κ3) is 3.40. The molecule has 0 saturated carbocycles. The highest BCUT2D eigenvalue weighted by atomic mass is 79.9. The van der Waals surface area contributed by atoms with Gasteiger partial charge in [-0.2, -0.15) is 0 Å². The number of hydrogen-bond acceptors (Lipinski definition) is 3. The highest BCUT2D eigenvalue weighted by Crippen LogP contribution is 2.28. The van der Waals surface area contributed by atoms with Gasteiger partial charge in [0, 0.05) is 13.2 Å². The first-order valence-electron chi connectivity index (χ1n) is 5.44. The molecule has 0 aromatic heterocycles. The zero-order chi connectivity index (χ0) is 10.7. The smallest absolute Gasteiger partial charge is 0.173 e. The van der Waals surface area contributed by atoms with E-state index in [1.807, 2.05) is 0 Å². The van der Waals surface area contributed by atoms with Crippen molar-refractivity contribution in [2.45, 2.75) is 47.9 Å². The standard InChI is InChI=1S/C10H16Br2O3/c11-7-3-1-5-13-9(7)15-10-8(12)4-2-6-14-10/h7-10H,1-6H2. The molecule has 2 fully saturated rings. The minimum absolute atomic E-state index is 0.165. The molecule has 2 heterocycles. The van der Waals surface area contributed by atoms with Gasteiger partial charge in [-0.1, -0.05) is 31.9 Å². The molecule has 0 bridgehead atoms. The maximum absolute atomic E-state index is 5.82. The van der Waals surface area contributed by atoms with Gasteiger partial charge in [-0.05, 0) is 25.7 Å². The molecule has 0 N–H and O–H groups in total. The molecule has 0 spiro atoms. The number of halogens is 2. The molecular weight excluding hydrogens is 328 g/mol. The highest BCUT2D eigenvalue weighted by Gasteiger charge is 2.32. The molecule has 5 heteroatoms. The summed E-state index contributed by atoms with van der Waals surface area (Å²) in [5.74, 6) is 0. The van der Waals surface area contributed by atoms with Gasteiger partial charge in [-0.25, -0.2) is 0 Å². The number of hydrogen-bond donors (Lipinski definition) is 0. The summed E-state index contributed by atoms with van der Waals surface area (Å²) in [4.78, 5) is 0.577. The van der Waals surface area contributed by atoms with E-state index in [1.165, 1.54) is 0 Å². The second-order valence-corrected chi connectivity index (χ2v) is 6.28. The van der Waals surface area contributed by atoms with E-state index < -0.39 is 0 Å². The fourth-order valence-corrected chi connectivity index (χ4v) is 3.02. The summed E-state index contributed by atoms with van der Waals surface area (Å²) in [6.45, 7) is 1.57. The molecule has 0 aromatic carbocycles. The monoisotopic (exact) mass is 342 g/mol. The Hall–Kier alpha value is 0.840. The van der Waals surface area contributed by atoms with Gasteiger partial charge >= 0.3 is 0 Å². The van der Waals surface area contributed by atoms with Gasteiger partial charge in [-0.3, -0.25) is 0 Å². The Labute approximate surface area is 107 Å². The molecule has 0 aliphatic carbocycles. The van der Waals surface area contributed by atoms with Gasteiger partial charge in [0.1, 0.15) is 0 Å². The molecule has 4 atom stereocenters. The van der Waals surface area contributed by atoms with Gasteiger partial charge in [0.05, 0.1) is 9.65 Å². The molecule has 3 nitrogen and oxygen atoms in total. The Balaban J connectivity index is 1.83. The normalized spacial score (nSPS) is 42.8. The molecule has 0 radical (unpaired) electrons. The van der Waals surface area contributed by atoms with Crippen LogP contribution in [0.3, 0.4) is 0 Å². The summed E-state index contributed by atoms with van der Waals surface area (Å²) < 4.78 is 17.0. The van der Waals surface area contributed by atoms with Crippen LogP contribution in [0.4, 0.5) is 0 Å².